The van der Waals surface area contributed by atoms with Crippen LogP contribution in [0.15, 0.2) is 18.2 Å². The second kappa shape index (κ2) is 10.5. The van der Waals surface area contributed by atoms with Crippen molar-refractivity contribution in [1.29, 1.82) is 0 Å². The van der Waals surface area contributed by atoms with Crippen LogP contribution < -0.4 is 9.47 Å². The van der Waals surface area contributed by atoms with Gasteiger partial charge in [-0.15, -0.1) is 0 Å². The molecule has 0 fully saturated rings. The molecule has 0 bridgehead atoms. The van der Waals surface area contributed by atoms with Gasteiger partial charge in [-0.3, -0.25) is 9.59 Å². The predicted octanol–water partition coefficient (Wildman–Crippen LogP) is 1.48. The van der Waals surface area contributed by atoms with Crippen LogP contribution in [-0.4, -0.2) is 62.4 Å². The van der Waals surface area contributed by atoms with Gasteiger partial charge in [0.05, 0.1) is 27.2 Å². The van der Waals surface area contributed by atoms with Gasteiger partial charge in [0.2, 0.25) is 0 Å². The summed E-state index contributed by atoms with van der Waals surface area (Å²) in [6.07, 6.45) is 0.542. The number of benzene rings is 1. The molecule has 0 atom stereocenters. The summed E-state index contributed by atoms with van der Waals surface area (Å²) in [5, 5.41) is 9.01. The van der Waals surface area contributed by atoms with Crippen molar-refractivity contribution >= 4 is 11.9 Å². The summed E-state index contributed by atoms with van der Waals surface area (Å²) in [4.78, 5) is 25.7. The minimum atomic E-state index is -0.355. The Morgan fingerprint density at radius 2 is 1.83 bits per heavy atom. The maximum atomic E-state index is 12.7. The van der Waals surface area contributed by atoms with E-state index in [0.717, 1.165) is 0 Å². The maximum Gasteiger partial charge on any atom is 0.307 e. The third kappa shape index (κ3) is 5.73. The van der Waals surface area contributed by atoms with E-state index >= 15 is 0 Å². The van der Waals surface area contributed by atoms with Crippen LogP contribution in [0.25, 0.3) is 0 Å². The fraction of sp³-hybridized carbons (Fsp3) is 0.529. The number of aliphatic hydroxyl groups is 1. The van der Waals surface area contributed by atoms with E-state index < -0.39 is 0 Å². The van der Waals surface area contributed by atoms with Crippen LogP contribution in [0.1, 0.15) is 30.1 Å². The van der Waals surface area contributed by atoms with Crippen LogP contribution >= 0.6 is 0 Å². The Hall–Kier alpha value is -2.28. The lowest BCUT2D eigenvalue weighted by Gasteiger charge is -2.22. The van der Waals surface area contributed by atoms with Gasteiger partial charge in [0.25, 0.3) is 5.91 Å². The van der Waals surface area contributed by atoms with Crippen LogP contribution in [0.4, 0.5) is 0 Å². The lowest BCUT2D eigenvalue weighted by atomic mass is 10.1. The van der Waals surface area contributed by atoms with Crippen LogP contribution in [0.2, 0.25) is 0 Å². The van der Waals surface area contributed by atoms with Crippen LogP contribution in [0.3, 0.4) is 0 Å². The van der Waals surface area contributed by atoms with Crippen molar-refractivity contribution in [1.82, 2.24) is 4.90 Å². The Balaban J connectivity index is 2.88. The van der Waals surface area contributed by atoms with E-state index in [1.54, 1.807) is 25.1 Å². The molecule has 1 rings (SSSR count). The minimum Gasteiger partial charge on any atom is -0.493 e. The molecular formula is C17H25NO6. The number of aliphatic hydroxyl groups excluding tert-OH is 1. The first-order valence-electron chi connectivity index (χ1n) is 7.85. The fourth-order valence-corrected chi connectivity index (χ4v) is 2.19. The van der Waals surface area contributed by atoms with Crippen LogP contribution in [0.5, 0.6) is 11.5 Å². The van der Waals surface area contributed by atoms with Gasteiger partial charge in [-0.1, -0.05) is 0 Å². The van der Waals surface area contributed by atoms with Gasteiger partial charge in [-0.25, -0.2) is 0 Å². The van der Waals surface area contributed by atoms with E-state index in [0.29, 0.717) is 36.6 Å². The number of esters is 1. The third-order valence-corrected chi connectivity index (χ3v) is 3.40. The molecule has 7 nitrogen and oxygen atoms in total. The van der Waals surface area contributed by atoms with Crippen molar-refractivity contribution in [3.8, 4) is 11.5 Å². The number of methoxy groups -OCH3 is 2. The fourth-order valence-electron chi connectivity index (χ4n) is 2.19. The lowest BCUT2D eigenvalue weighted by molar-refractivity contribution is -0.143. The highest BCUT2D eigenvalue weighted by molar-refractivity contribution is 5.95. The highest BCUT2D eigenvalue weighted by atomic mass is 16.5. The SMILES string of the molecule is CCOC(=O)CCN(CCCO)C(=O)c1ccc(OC)c(OC)c1. The average Bonchev–Trinajstić information content (AvgIpc) is 2.60. The molecule has 1 aromatic rings. The molecule has 24 heavy (non-hydrogen) atoms. The van der Waals surface area contributed by atoms with Crippen molar-refractivity contribution in [3.05, 3.63) is 23.8 Å². The minimum absolute atomic E-state index is 0.0326. The van der Waals surface area contributed by atoms with E-state index in [2.05, 4.69) is 0 Å². The molecule has 1 aromatic carbocycles. The molecule has 1 N–H and O–H groups in total. The first-order chi connectivity index (χ1) is 11.6. The molecule has 7 heteroatoms. The summed E-state index contributed by atoms with van der Waals surface area (Å²) in [7, 11) is 3.02. The standard InChI is InChI=1S/C17H25NO6/c1-4-24-16(20)8-10-18(9-5-11-19)17(21)13-6-7-14(22-2)15(12-13)23-3/h6-7,12,19H,4-5,8-11H2,1-3H3. The number of rotatable bonds is 10. The second-order valence-corrected chi connectivity index (χ2v) is 4.99. The van der Waals surface area contributed by atoms with Crippen molar-refractivity contribution in [2.24, 2.45) is 0 Å². The Labute approximate surface area is 142 Å². The summed E-state index contributed by atoms with van der Waals surface area (Å²) in [5.74, 6) is 0.388. The number of ether oxygens (including phenoxy) is 3. The Morgan fingerprint density at radius 3 is 2.42 bits per heavy atom. The zero-order valence-corrected chi connectivity index (χ0v) is 14.4. The molecule has 1 amide bonds. The number of hydrogen-bond acceptors (Lipinski definition) is 6. The van der Waals surface area contributed by atoms with Gasteiger partial charge in [-0.2, -0.15) is 0 Å². The number of amides is 1. The van der Waals surface area contributed by atoms with E-state index in [4.69, 9.17) is 19.3 Å². The van der Waals surface area contributed by atoms with E-state index in [-0.39, 0.29) is 31.4 Å². The molecule has 0 aromatic heterocycles. The summed E-state index contributed by atoms with van der Waals surface area (Å²) in [5.41, 5.74) is 0.425. The number of nitrogens with zero attached hydrogens (tertiary/aromatic N) is 1. The largest absolute Gasteiger partial charge is 0.493 e. The average molecular weight is 339 g/mol. The number of carbonyl (C=O) groups excluding carboxylic acids is 2. The van der Waals surface area contributed by atoms with Crippen molar-refractivity contribution in [2.45, 2.75) is 19.8 Å². The second-order valence-electron chi connectivity index (χ2n) is 4.99. The highest BCUT2D eigenvalue weighted by Gasteiger charge is 2.18. The summed E-state index contributed by atoms with van der Waals surface area (Å²) in [6.45, 7) is 2.58. The summed E-state index contributed by atoms with van der Waals surface area (Å²) < 4.78 is 15.3. The zero-order chi connectivity index (χ0) is 17.9. The molecular weight excluding hydrogens is 314 g/mol. The highest BCUT2D eigenvalue weighted by Crippen LogP contribution is 2.28. The smallest absolute Gasteiger partial charge is 0.307 e. The molecule has 0 unspecified atom stereocenters. The molecule has 0 aliphatic heterocycles. The maximum absolute atomic E-state index is 12.7. The molecule has 0 heterocycles. The lowest BCUT2D eigenvalue weighted by Crippen LogP contribution is -2.34. The van der Waals surface area contributed by atoms with Gasteiger partial charge in [0.1, 0.15) is 0 Å². The molecule has 0 aliphatic carbocycles. The van der Waals surface area contributed by atoms with Gasteiger partial charge in [-0.05, 0) is 31.5 Å². The summed E-state index contributed by atoms with van der Waals surface area (Å²) in [6, 6.07) is 4.89. The van der Waals surface area contributed by atoms with Gasteiger partial charge < -0.3 is 24.2 Å². The molecule has 0 saturated heterocycles. The van der Waals surface area contributed by atoms with Gasteiger partial charge >= 0.3 is 5.97 Å². The number of carbonyl (C=O) groups is 2. The Bertz CT molecular complexity index is 546. The normalized spacial score (nSPS) is 10.2. The molecule has 0 aliphatic rings. The molecule has 134 valence electrons. The predicted molar refractivity (Wildman–Crippen MR) is 88.4 cm³/mol. The van der Waals surface area contributed by atoms with E-state index in [1.807, 2.05) is 0 Å². The van der Waals surface area contributed by atoms with Gasteiger partial charge in [0.15, 0.2) is 11.5 Å². The van der Waals surface area contributed by atoms with E-state index in [9.17, 15) is 9.59 Å². The third-order valence-electron chi connectivity index (χ3n) is 3.40. The Morgan fingerprint density at radius 1 is 1.12 bits per heavy atom. The zero-order valence-electron chi connectivity index (χ0n) is 14.4. The van der Waals surface area contributed by atoms with Crippen molar-refractivity contribution in [3.63, 3.8) is 0 Å². The first kappa shape index (κ1) is 19.8. The molecule has 0 radical (unpaired) electrons. The number of hydrogen-bond donors (Lipinski definition) is 1. The molecule has 0 saturated carbocycles. The first-order valence-corrected chi connectivity index (χ1v) is 7.85. The quantitative estimate of drug-likeness (QED) is 0.650. The molecule has 0 spiro atoms. The topological polar surface area (TPSA) is 85.3 Å². The van der Waals surface area contributed by atoms with Crippen molar-refractivity contribution < 1.29 is 28.9 Å². The monoisotopic (exact) mass is 339 g/mol. The van der Waals surface area contributed by atoms with Crippen LogP contribution in [-0.2, 0) is 9.53 Å². The van der Waals surface area contributed by atoms with E-state index in [1.165, 1.54) is 19.1 Å². The van der Waals surface area contributed by atoms with Crippen LogP contribution in [0, 0.1) is 0 Å². The van der Waals surface area contributed by atoms with Crippen molar-refractivity contribution in [2.75, 3.05) is 40.5 Å². The Kier molecular flexibility index (Phi) is 8.64. The van der Waals surface area contributed by atoms with Gasteiger partial charge in [0, 0.05) is 25.3 Å². The summed E-state index contributed by atoms with van der Waals surface area (Å²) >= 11 is 0.